The summed E-state index contributed by atoms with van der Waals surface area (Å²) in [5.74, 6) is -2.35. The van der Waals surface area contributed by atoms with Gasteiger partial charge >= 0.3 is 5.97 Å². The molecule has 20 heavy (non-hydrogen) atoms. The predicted molar refractivity (Wildman–Crippen MR) is 69.5 cm³/mol. The van der Waals surface area contributed by atoms with Crippen molar-refractivity contribution in [2.75, 3.05) is 0 Å². The molecule has 2 rings (SSSR count). The molecule has 0 bridgehead atoms. The van der Waals surface area contributed by atoms with Crippen LogP contribution in [-0.4, -0.2) is 11.1 Å². The zero-order chi connectivity index (χ0) is 14.5. The smallest absolute Gasteiger partial charge is 0.328 e. The molecule has 0 atom stereocenters. The molecule has 2 aromatic rings. The molecule has 0 spiro atoms. The molecule has 0 radical (unpaired) electrons. The molecular formula is C15H10F2O3. The molecule has 0 aliphatic heterocycles. The molecule has 0 heterocycles. The third kappa shape index (κ3) is 3.65. The van der Waals surface area contributed by atoms with Gasteiger partial charge in [-0.1, -0.05) is 12.1 Å². The quantitative estimate of drug-likeness (QED) is 0.863. The van der Waals surface area contributed by atoms with E-state index in [2.05, 4.69) is 0 Å². The molecule has 0 aliphatic carbocycles. The van der Waals surface area contributed by atoms with Crippen LogP contribution in [0.2, 0.25) is 0 Å². The van der Waals surface area contributed by atoms with Crippen LogP contribution >= 0.6 is 0 Å². The van der Waals surface area contributed by atoms with Crippen molar-refractivity contribution in [1.29, 1.82) is 0 Å². The van der Waals surface area contributed by atoms with Crippen LogP contribution in [-0.2, 0) is 4.79 Å². The van der Waals surface area contributed by atoms with Crippen molar-refractivity contribution in [3.8, 4) is 11.5 Å². The number of benzene rings is 2. The second-order valence-electron chi connectivity index (χ2n) is 3.92. The van der Waals surface area contributed by atoms with E-state index in [1.165, 1.54) is 12.1 Å². The van der Waals surface area contributed by atoms with Crippen LogP contribution in [0.15, 0.2) is 48.5 Å². The fourth-order valence-corrected chi connectivity index (χ4v) is 1.53. The van der Waals surface area contributed by atoms with Gasteiger partial charge in [0.05, 0.1) is 0 Å². The third-order valence-corrected chi connectivity index (χ3v) is 2.40. The Morgan fingerprint density at radius 2 is 1.95 bits per heavy atom. The predicted octanol–water partition coefficient (Wildman–Crippen LogP) is 3.85. The van der Waals surface area contributed by atoms with Gasteiger partial charge in [-0.15, -0.1) is 0 Å². The van der Waals surface area contributed by atoms with Crippen LogP contribution in [0.25, 0.3) is 6.08 Å². The number of aliphatic carboxylic acids is 1. The monoisotopic (exact) mass is 276 g/mol. The van der Waals surface area contributed by atoms with E-state index in [1.54, 1.807) is 24.3 Å². The molecule has 0 fully saturated rings. The number of rotatable bonds is 4. The van der Waals surface area contributed by atoms with Crippen LogP contribution in [0, 0.1) is 11.6 Å². The lowest BCUT2D eigenvalue weighted by Crippen LogP contribution is -1.90. The number of carboxylic acids is 1. The van der Waals surface area contributed by atoms with E-state index in [0.29, 0.717) is 11.3 Å². The summed E-state index contributed by atoms with van der Waals surface area (Å²) in [6.45, 7) is 0. The van der Waals surface area contributed by atoms with Crippen molar-refractivity contribution in [3.63, 3.8) is 0 Å². The second kappa shape index (κ2) is 5.97. The summed E-state index contributed by atoms with van der Waals surface area (Å²) < 4.78 is 31.5. The first-order valence-electron chi connectivity index (χ1n) is 5.68. The van der Waals surface area contributed by atoms with Crippen LogP contribution in [0.4, 0.5) is 8.78 Å². The molecule has 0 unspecified atom stereocenters. The van der Waals surface area contributed by atoms with Gasteiger partial charge in [0.2, 0.25) is 0 Å². The Hall–Kier alpha value is -2.69. The average Bonchev–Trinajstić information content (AvgIpc) is 2.40. The van der Waals surface area contributed by atoms with Gasteiger partial charge in [0.1, 0.15) is 11.6 Å². The van der Waals surface area contributed by atoms with Gasteiger partial charge < -0.3 is 9.84 Å². The van der Waals surface area contributed by atoms with Crippen LogP contribution in [0.1, 0.15) is 5.56 Å². The van der Waals surface area contributed by atoms with E-state index in [9.17, 15) is 13.6 Å². The van der Waals surface area contributed by atoms with Crippen molar-refractivity contribution in [1.82, 2.24) is 0 Å². The van der Waals surface area contributed by atoms with Gasteiger partial charge in [0, 0.05) is 12.1 Å². The van der Waals surface area contributed by atoms with Crippen molar-refractivity contribution >= 4 is 12.0 Å². The lowest BCUT2D eigenvalue weighted by molar-refractivity contribution is -0.131. The van der Waals surface area contributed by atoms with Gasteiger partial charge in [-0.05, 0) is 35.9 Å². The average molecular weight is 276 g/mol. The first-order chi connectivity index (χ1) is 9.54. The fourth-order valence-electron chi connectivity index (χ4n) is 1.53. The molecule has 3 nitrogen and oxygen atoms in total. The Balaban J connectivity index is 2.21. The van der Waals surface area contributed by atoms with Crippen molar-refractivity contribution < 1.29 is 23.4 Å². The highest BCUT2D eigenvalue weighted by atomic mass is 19.1. The highest BCUT2D eigenvalue weighted by molar-refractivity contribution is 5.85. The number of hydrogen-bond acceptors (Lipinski definition) is 2. The fraction of sp³-hybridized carbons (Fsp3) is 0. The standard InChI is InChI=1S/C15H10F2O3/c16-11-5-6-14(13(17)9-11)20-12-3-1-2-10(8-12)4-7-15(18)19/h1-9H,(H,18,19). The largest absolute Gasteiger partial charge is 0.478 e. The minimum atomic E-state index is -1.07. The molecule has 2 aromatic carbocycles. The van der Waals surface area contributed by atoms with Gasteiger partial charge in [0.15, 0.2) is 11.6 Å². The Morgan fingerprint density at radius 1 is 1.15 bits per heavy atom. The summed E-state index contributed by atoms with van der Waals surface area (Å²) in [7, 11) is 0. The molecule has 0 aliphatic rings. The van der Waals surface area contributed by atoms with Crippen LogP contribution in [0.3, 0.4) is 0 Å². The summed E-state index contributed by atoms with van der Waals surface area (Å²) in [4.78, 5) is 10.4. The molecule has 1 N–H and O–H groups in total. The Bertz CT molecular complexity index is 666. The second-order valence-corrected chi connectivity index (χ2v) is 3.92. The van der Waals surface area contributed by atoms with Gasteiger partial charge in [-0.3, -0.25) is 0 Å². The third-order valence-electron chi connectivity index (χ3n) is 2.40. The lowest BCUT2D eigenvalue weighted by Gasteiger charge is -2.07. The highest BCUT2D eigenvalue weighted by Gasteiger charge is 2.06. The maximum absolute atomic E-state index is 13.4. The summed E-state index contributed by atoms with van der Waals surface area (Å²) in [5, 5.41) is 8.54. The van der Waals surface area contributed by atoms with E-state index in [-0.39, 0.29) is 5.75 Å². The zero-order valence-electron chi connectivity index (χ0n) is 10.2. The number of carboxylic acid groups (broad SMARTS) is 1. The number of hydrogen-bond donors (Lipinski definition) is 1. The van der Waals surface area contributed by atoms with E-state index in [1.807, 2.05) is 0 Å². The molecule has 102 valence electrons. The maximum Gasteiger partial charge on any atom is 0.328 e. The van der Waals surface area contributed by atoms with Crippen LogP contribution in [0.5, 0.6) is 11.5 Å². The lowest BCUT2D eigenvalue weighted by atomic mass is 10.2. The topological polar surface area (TPSA) is 46.5 Å². The summed E-state index contributed by atoms with van der Waals surface area (Å²) in [5.41, 5.74) is 0.590. The van der Waals surface area contributed by atoms with Crippen molar-refractivity contribution in [2.45, 2.75) is 0 Å². The van der Waals surface area contributed by atoms with Crippen LogP contribution < -0.4 is 4.74 Å². The Morgan fingerprint density at radius 3 is 2.65 bits per heavy atom. The molecule has 5 heteroatoms. The van der Waals surface area contributed by atoms with Gasteiger partial charge in [-0.2, -0.15) is 0 Å². The minimum Gasteiger partial charge on any atom is -0.478 e. The molecular weight excluding hydrogens is 266 g/mol. The van der Waals surface area contributed by atoms with E-state index in [0.717, 1.165) is 18.2 Å². The molecule has 0 saturated heterocycles. The van der Waals surface area contributed by atoms with E-state index >= 15 is 0 Å². The van der Waals surface area contributed by atoms with Crippen molar-refractivity contribution in [2.24, 2.45) is 0 Å². The van der Waals surface area contributed by atoms with E-state index < -0.39 is 17.6 Å². The number of halogens is 2. The Labute approximate surface area is 113 Å². The first-order valence-corrected chi connectivity index (χ1v) is 5.68. The molecule has 0 aromatic heterocycles. The summed E-state index contributed by atoms with van der Waals surface area (Å²) in [6, 6.07) is 9.44. The van der Waals surface area contributed by atoms with Gasteiger partial charge in [0.25, 0.3) is 0 Å². The normalized spacial score (nSPS) is 10.7. The Kier molecular flexibility index (Phi) is 4.10. The van der Waals surface area contributed by atoms with Crippen molar-refractivity contribution in [3.05, 3.63) is 65.7 Å². The maximum atomic E-state index is 13.4. The van der Waals surface area contributed by atoms with Gasteiger partial charge in [-0.25, -0.2) is 13.6 Å². The molecule has 0 amide bonds. The molecule has 0 saturated carbocycles. The first kappa shape index (κ1) is 13.7. The van der Waals surface area contributed by atoms with E-state index in [4.69, 9.17) is 9.84 Å². The summed E-state index contributed by atoms with van der Waals surface area (Å²) in [6.07, 6.45) is 2.37. The minimum absolute atomic E-state index is 0.106. The summed E-state index contributed by atoms with van der Waals surface area (Å²) >= 11 is 0. The SMILES string of the molecule is O=C(O)C=Cc1cccc(Oc2ccc(F)cc2F)c1. The number of ether oxygens (including phenoxy) is 1. The number of carbonyl (C=O) groups is 1. The zero-order valence-corrected chi connectivity index (χ0v) is 10.2. The highest BCUT2D eigenvalue weighted by Crippen LogP contribution is 2.25.